The van der Waals surface area contributed by atoms with Gasteiger partial charge in [0.1, 0.15) is 5.76 Å². The summed E-state index contributed by atoms with van der Waals surface area (Å²) in [5.74, 6) is 0.371. The number of H-pyrrole nitrogens is 1. The van der Waals surface area contributed by atoms with E-state index < -0.39 is 0 Å². The van der Waals surface area contributed by atoms with E-state index in [1.807, 2.05) is 0 Å². The highest BCUT2D eigenvalue weighted by atomic mass is 16.3. The van der Waals surface area contributed by atoms with Crippen LogP contribution in [0.15, 0.2) is 28.9 Å². The predicted octanol–water partition coefficient (Wildman–Crippen LogP) is 0.445. The van der Waals surface area contributed by atoms with E-state index in [-0.39, 0.29) is 11.9 Å². The van der Waals surface area contributed by atoms with Crippen LogP contribution < -0.4 is 5.32 Å². The topological polar surface area (TPSA) is 96.7 Å². The highest BCUT2D eigenvalue weighted by molar-refractivity contribution is 6.00. The second-order valence-electron chi connectivity index (χ2n) is 2.57. The Kier molecular flexibility index (Phi) is 2.54. The molecule has 76 valence electrons. The van der Waals surface area contributed by atoms with Crippen LogP contribution in [0.1, 0.15) is 5.76 Å². The number of aromatic amines is 1. The molecule has 0 aliphatic rings. The Balaban J connectivity index is 1.93. The Morgan fingerprint density at radius 1 is 1.60 bits per heavy atom. The zero-order chi connectivity index (χ0) is 10.5. The molecule has 0 aromatic carbocycles. The lowest BCUT2D eigenvalue weighted by atomic mass is 10.4. The van der Waals surface area contributed by atoms with Gasteiger partial charge in [-0.05, 0) is 23.4 Å². The molecule has 0 aliphatic heterocycles. The first-order chi connectivity index (χ1) is 7.34. The minimum Gasteiger partial charge on any atom is -0.465 e. The minimum absolute atomic E-state index is 0.129. The average molecular weight is 205 g/mol. The van der Waals surface area contributed by atoms with Crippen LogP contribution in [0.3, 0.4) is 0 Å². The number of rotatable bonds is 3. The van der Waals surface area contributed by atoms with Gasteiger partial charge in [-0.1, -0.05) is 5.10 Å². The molecule has 2 rings (SSSR count). The molecule has 2 heterocycles. The van der Waals surface area contributed by atoms with Crippen molar-refractivity contribution >= 4 is 17.9 Å². The molecule has 0 spiro atoms. The van der Waals surface area contributed by atoms with Crippen LogP contribution in [0.5, 0.6) is 0 Å². The van der Waals surface area contributed by atoms with E-state index in [1.165, 1.54) is 18.4 Å². The largest absolute Gasteiger partial charge is 0.465 e. The first-order valence-electron chi connectivity index (χ1n) is 4.10. The number of tetrazole rings is 1. The summed E-state index contributed by atoms with van der Waals surface area (Å²) >= 11 is 0. The highest BCUT2D eigenvalue weighted by Gasteiger charge is 2.00. The van der Waals surface area contributed by atoms with Crippen LogP contribution in [-0.2, 0) is 4.79 Å². The molecule has 0 radical (unpaired) electrons. The molecular formula is C8H7N5O2. The van der Waals surface area contributed by atoms with Crippen molar-refractivity contribution in [1.29, 1.82) is 0 Å². The second kappa shape index (κ2) is 4.18. The van der Waals surface area contributed by atoms with E-state index in [4.69, 9.17) is 4.42 Å². The molecule has 2 N–H and O–H groups in total. The molecule has 0 unspecified atom stereocenters. The summed E-state index contributed by atoms with van der Waals surface area (Å²) in [4.78, 5) is 11.2. The smallest absolute Gasteiger partial charge is 0.270 e. The monoisotopic (exact) mass is 205 g/mol. The van der Waals surface area contributed by atoms with Crippen molar-refractivity contribution in [2.45, 2.75) is 0 Å². The van der Waals surface area contributed by atoms with Crippen molar-refractivity contribution < 1.29 is 9.21 Å². The Bertz CT molecular complexity index is 445. The highest BCUT2D eigenvalue weighted by Crippen LogP contribution is 2.02. The Hall–Kier alpha value is -2.44. The van der Waals surface area contributed by atoms with Gasteiger partial charge < -0.3 is 4.42 Å². The molecule has 2 aromatic rings. The van der Waals surface area contributed by atoms with Gasteiger partial charge in [-0.3, -0.25) is 10.1 Å². The van der Waals surface area contributed by atoms with Crippen molar-refractivity contribution in [2.24, 2.45) is 0 Å². The average Bonchev–Trinajstić information content (AvgIpc) is 2.86. The molecule has 0 atom stereocenters. The zero-order valence-electron chi connectivity index (χ0n) is 7.54. The molecule has 0 saturated heterocycles. The van der Waals surface area contributed by atoms with Gasteiger partial charge in [0.15, 0.2) is 0 Å². The van der Waals surface area contributed by atoms with Crippen LogP contribution in [0.2, 0.25) is 0 Å². The summed E-state index contributed by atoms with van der Waals surface area (Å²) in [5, 5.41) is 15.0. The number of aromatic nitrogens is 4. The number of amides is 1. The SMILES string of the molecule is O=C(/C=C/c1ccco1)Nc1nn[nH]n1. The molecule has 0 bridgehead atoms. The van der Waals surface area contributed by atoms with Crippen LogP contribution in [0.4, 0.5) is 5.95 Å². The van der Waals surface area contributed by atoms with E-state index in [0.29, 0.717) is 5.76 Å². The van der Waals surface area contributed by atoms with Crippen LogP contribution >= 0.6 is 0 Å². The van der Waals surface area contributed by atoms with Crippen molar-refractivity contribution in [1.82, 2.24) is 20.6 Å². The van der Waals surface area contributed by atoms with Crippen molar-refractivity contribution in [3.8, 4) is 0 Å². The van der Waals surface area contributed by atoms with Crippen molar-refractivity contribution in [3.05, 3.63) is 30.2 Å². The maximum atomic E-state index is 11.2. The Labute approximate surface area is 84.2 Å². The van der Waals surface area contributed by atoms with E-state index in [9.17, 15) is 4.79 Å². The second-order valence-corrected chi connectivity index (χ2v) is 2.57. The van der Waals surface area contributed by atoms with Crippen LogP contribution in [-0.4, -0.2) is 26.5 Å². The third-order valence-electron chi connectivity index (χ3n) is 1.52. The number of hydrogen-bond acceptors (Lipinski definition) is 5. The molecule has 0 fully saturated rings. The third kappa shape index (κ3) is 2.50. The first-order valence-corrected chi connectivity index (χ1v) is 4.10. The van der Waals surface area contributed by atoms with E-state index in [2.05, 4.69) is 25.9 Å². The third-order valence-corrected chi connectivity index (χ3v) is 1.52. The van der Waals surface area contributed by atoms with Gasteiger partial charge in [0.2, 0.25) is 0 Å². The summed E-state index contributed by atoms with van der Waals surface area (Å²) in [6.45, 7) is 0. The van der Waals surface area contributed by atoms with Gasteiger partial charge in [0.05, 0.1) is 6.26 Å². The van der Waals surface area contributed by atoms with Crippen LogP contribution in [0.25, 0.3) is 6.08 Å². The fourth-order valence-corrected chi connectivity index (χ4v) is 0.911. The lowest BCUT2D eigenvalue weighted by molar-refractivity contribution is -0.111. The van der Waals surface area contributed by atoms with E-state index in [1.54, 1.807) is 12.1 Å². The Morgan fingerprint density at radius 2 is 2.53 bits per heavy atom. The molecular weight excluding hydrogens is 198 g/mol. The molecule has 0 aliphatic carbocycles. The summed E-state index contributed by atoms with van der Waals surface area (Å²) in [5.41, 5.74) is 0. The normalized spacial score (nSPS) is 10.7. The fraction of sp³-hybridized carbons (Fsp3) is 0. The Morgan fingerprint density at radius 3 is 3.20 bits per heavy atom. The summed E-state index contributed by atoms with van der Waals surface area (Å²) in [6.07, 6.45) is 4.38. The van der Waals surface area contributed by atoms with Gasteiger partial charge in [0, 0.05) is 6.08 Å². The molecule has 7 heteroatoms. The number of nitrogens with zero attached hydrogens (tertiary/aromatic N) is 3. The molecule has 15 heavy (non-hydrogen) atoms. The molecule has 2 aromatic heterocycles. The minimum atomic E-state index is -0.354. The van der Waals surface area contributed by atoms with Gasteiger partial charge in [-0.15, -0.1) is 5.10 Å². The standard InChI is InChI=1S/C8H7N5O2/c14-7(9-8-10-12-13-11-8)4-3-6-2-1-5-15-6/h1-5H,(H2,9,10,11,12,13,14)/b4-3+. The number of hydrogen-bond donors (Lipinski definition) is 2. The maximum Gasteiger partial charge on any atom is 0.270 e. The molecule has 1 amide bonds. The first kappa shape index (κ1) is 9.13. The van der Waals surface area contributed by atoms with Crippen molar-refractivity contribution in [2.75, 3.05) is 5.32 Å². The number of nitrogens with one attached hydrogen (secondary N) is 2. The van der Waals surface area contributed by atoms with Gasteiger partial charge in [0.25, 0.3) is 11.9 Å². The maximum absolute atomic E-state index is 11.2. The van der Waals surface area contributed by atoms with Gasteiger partial charge >= 0.3 is 0 Å². The molecule has 7 nitrogen and oxygen atoms in total. The van der Waals surface area contributed by atoms with Gasteiger partial charge in [-0.25, -0.2) is 0 Å². The number of carbonyl (C=O) groups excluding carboxylic acids is 1. The van der Waals surface area contributed by atoms with E-state index in [0.717, 1.165) is 0 Å². The number of furan rings is 1. The van der Waals surface area contributed by atoms with Gasteiger partial charge in [-0.2, -0.15) is 5.21 Å². The fourth-order valence-electron chi connectivity index (χ4n) is 0.911. The van der Waals surface area contributed by atoms with E-state index >= 15 is 0 Å². The predicted molar refractivity (Wildman–Crippen MR) is 50.5 cm³/mol. The lowest BCUT2D eigenvalue weighted by Gasteiger charge is -1.91. The summed E-state index contributed by atoms with van der Waals surface area (Å²) in [7, 11) is 0. The van der Waals surface area contributed by atoms with Crippen molar-refractivity contribution in [3.63, 3.8) is 0 Å². The summed E-state index contributed by atoms with van der Waals surface area (Å²) < 4.78 is 5.00. The zero-order valence-corrected chi connectivity index (χ0v) is 7.54. The van der Waals surface area contributed by atoms with Crippen LogP contribution in [0, 0.1) is 0 Å². The number of anilines is 1. The lowest BCUT2D eigenvalue weighted by Crippen LogP contribution is -2.08. The molecule has 0 saturated carbocycles. The summed E-state index contributed by atoms with van der Waals surface area (Å²) in [6, 6.07) is 3.47. The quantitative estimate of drug-likeness (QED) is 0.709. The number of carbonyl (C=O) groups is 1.